The van der Waals surface area contributed by atoms with Crippen LogP contribution in [-0.2, 0) is 46.3 Å². The van der Waals surface area contributed by atoms with Crippen molar-refractivity contribution in [1.29, 1.82) is 0 Å². The number of hydrogen-bond donors (Lipinski definition) is 2. The molecule has 0 radical (unpaired) electrons. The van der Waals surface area contributed by atoms with E-state index in [1.54, 1.807) is 39.5 Å². The highest BCUT2D eigenvalue weighted by molar-refractivity contribution is 8.00. The van der Waals surface area contributed by atoms with Crippen molar-refractivity contribution >= 4 is 50.5 Å². The minimum atomic E-state index is -3.97. The SMILES string of the molecule is CCOP(=O)(OCC)C(CCNC(=O)CCCN(CCSC(c1ccccc1)(c1ccccc1)c1ccccc1)CC(=O)NCCSC(c1ccccc1)(c1ccccc1)c1ccccc1)P(=O)(OCC)OCC. The van der Waals surface area contributed by atoms with Crippen LogP contribution in [0.2, 0.25) is 0 Å². The smallest absolute Gasteiger partial charge is 0.345 e. The Bertz CT molecular complexity index is 2420. The first-order chi connectivity index (χ1) is 36.1. The lowest BCUT2D eigenvalue weighted by molar-refractivity contribution is -0.122. The van der Waals surface area contributed by atoms with Crippen molar-refractivity contribution < 1.29 is 36.8 Å². The Morgan fingerprint density at radius 2 is 0.797 bits per heavy atom. The largest absolute Gasteiger partial charge is 0.356 e. The number of carbonyl (C=O) groups is 2. The van der Waals surface area contributed by atoms with Crippen LogP contribution in [0.25, 0.3) is 0 Å². The minimum absolute atomic E-state index is 0.0166. The summed E-state index contributed by atoms with van der Waals surface area (Å²) in [6, 6.07) is 63.2. The van der Waals surface area contributed by atoms with Crippen LogP contribution in [0, 0.1) is 0 Å². The minimum Gasteiger partial charge on any atom is -0.356 e. The van der Waals surface area contributed by atoms with Gasteiger partial charge in [0.25, 0.3) is 0 Å². The Labute approximate surface area is 448 Å². The molecule has 0 heterocycles. The van der Waals surface area contributed by atoms with Gasteiger partial charge in [-0.05, 0) is 80.5 Å². The van der Waals surface area contributed by atoms with Crippen molar-refractivity contribution in [2.24, 2.45) is 0 Å². The highest BCUT2D eigenvalue weighted by Crippen LogP contribution is 2.71. The van der Waals surface area contributed by atoms with E-state index in [0.717, 1.165) is 33.4 Å². The van der Waals surface area contributed by atoms with Crippen LogP contribution in [0.1, 0.15) is 80.3 Å². The summed E-state index contributed by atoms with van der Waals surface area (Å²) >= 11 is 3.63. The van der Waals surface area contributed by atoms with E-state index in [2.05, 4.69) is 161 Å². The molecule has 0 saturated carbocycles. The van der Waals surface area contributed by atoms with Crippen LogP contribution in [0.15, 0.2) is 182 Å². The van der Waals surface area contributed by atoms with E-state index in [4.69, 9.17) is 18.1 Å². The molecular formula is C59H73N3O8P2S2. The average molecular weight is 1080 g/mol. The van der Waals surface area contributed by atoms with Crippen LogP contribution in [0.5, 0.6) is 0 Å². The molecule has 0 unspecified atom stereocenters. The normalized spacial score (nSPS) is 12.2. The zero-order valence-corrected chi connectivity index (χ0v) is 46.6. The lowest BCUT2D eigenvalue weighted by atomic mass is 9.84. The number of hydrogen-bond acceptors (Lipinski definition) is 11. The molecule has 0 aliphatic heterocycles. The van der Waals surface area contributed by atoms with E-state index in [1.807, 2.05) is 48.2 Å². The summed E-state index contributed by atoms with van der Waals surface area (Å²) in [6.07, 6.45) is 0.611. The fraction of sp³-hybridized carbons (Fsp3) is 0.356. The van der Waals surface area contributed by atoms with Crippen molar-refractivity contribution in [3.05, 3.63) is 215 Å². The molecule has 0 bridgehead atoms. The number of thioether (sulfide) groups is 2. The van der Waals surface area contributed by atoms with Gasteiger partial charge in [0.1, 0.15) is 0 Å². The predicted molar refractivity (Wildman–Crippen MR) is 305 cm³/mol. The maximum Gasteiger partial charge on any atom is 0.345 e. The zero-order valence-electron chi connectivity index (χ0n) is 43.2. The molecule has 0 fully saturated rings. The second-order valence-corrected chi connectivity index (χ2v) is 24.8. The Morgan fingerprint density at radius 1 is 0.473 bits per heavy atom. The molecule has 0 atom stereocenters. The molecule has 0 spiro atoms. The molecule has 74 heavy (non-hydrogen) atoms. The van der Waals surface area contributed by atoms with Crippen molar-refractivity contribution in [2.45, 2.75) is 61.9 Å². The van der Waals surface area contributed by atoms with Gasteiger partial charge in [0.05, 0.1) is 42.5 Å². The van der Waals surface area contributed by atoms with Gasteiger partial charge in [0, 0.05) is 37.6 Å². The Morgan fingerprint density at radius 3 is 1.14 bits per heavy atom. The van der Waals surface area contributed by atoms with Crippen LogP contribution < -0.4 is 10.6 Å². The van der Waals surface area contributed by atoms with Gasteiger partial charge in [-0.3, -0.25) is 23.6 Å². The number of benzene rings is 6. The van der Waals surface area contributed by atoms with Crippen molar-refractivity contribution in [1.82, 2.24) is 15.5 Å². The summed E-state index contributed by atoms with van der Waals surface area (Å²) in [6.45, 7) is 8.65. The maximum absolute atomic E-state index is 14.1. The molecule has 15 heteroatoms. The number of nitrogens with one attached hydrogen (secondary N) is 2. The van der Waals surface area contributed by atoms with Gasteiger partial charge in [-0.25, -0.2) is 0 Å². The fourth-order valence-corrected chi connectivity index (χ4v) is 17.6. The molecule has 6 rings (SSSR count). The molecule has 394 valence electrons. The van der Waals surface area contributed by atoms with Crippen molar-refractivity contribution in [3.8, 4) is 0 Å². The summed E-state index contributed by atoms with van der Waals surface area (Å²) < 4.78 is 49.6. The first kappa shape index (κ1) is 58.5. The zero-order chi connectivity index (χ0) is 52.5. The number of nitrogens with zero attached hydrogens (tertiary/aromatic N) is 1. The molecule has 0 saturated heterocycles. The third-order valence-electron chi connectivity index (χ3n) is 12.5. The van der Waals surface area contributed by atoms with Gasteiger partial charge in [0.2, 0.25) is 11.8 Å². The van der Waals surface area contributed by atoms with E-state index in [9.17, 15) is 18.7 Å². The van der Waals surface area contributed by atoms with Crippen LogP contribution in [0.3, 0.4) is 0 Å². The summed E-state index contributed by atoms with van der Waals surface area (Å²) in [7, 11) is -7.95. The summed E-state index contributed by atoms with van der Waals surface area (Å²) in [4.78, 5) is 29.8. The predicted octanol–water partition coefficient (Wildman–Crippen LogP) is 13.0. The third kappa shape index (κ3) is 15.4. The van der Waals surface area contributed by atoms with Gasteiger partial charge in [-0.2, -0.15) is 0 Å². The molecular weight excluding hydrogens is 1000 g/mol. The topological polar surface area (TPSA) is 132 Å². The molecule has 2 amide bonds. The van der Waals surface area contributed by atoms with Gasteiger partial charge < -0.3 is 28.7 Å². The maximum atomic E-state index is 14.1. The fourth-order valence-electron chi connectivity index (χ4n) is 9.31. The van der Waals surface area contributed by atoms with Crippen molar-refractivity contribution in [3.63, 3.8) is 0 Å². The second kappa shape index (κ2) is 30.1. The van der Waals surface area contributed by atoms with Gasteiger partial charge in [0.15, 0.2) is 5.40 Å². The van der Waals surface area contributed by atoms with Crippen LogP contribution in [0.4, 0.5) is 0 Å². The first-order valence-corrected chi connectivity index (χ1v) is 30.9. The molecule has 2 N–H and O–H groups in total. The molecule has 0 aromatic heterocycles. The summed E-state index contributed by atoms with van der Waals surface area (Å²) in [5.74, 6) is 0.976. The monoisotopic (exact) mass is 1080 g/mol. The molecule has 6 aromatic carbocycles. The average Bonchev–Trinajstić information content (AvgIpc) is 3.43. The quantitative estimate of drug-likeness (QED) is 0.0232. The first-order valence-electron chi connectivity index (χ1n) is 25.7. The molecule has 11 nitrogen and oxygen atoms in total. The van der Waals surface area contributed by atoms with Gasteiger partial charge in [-0.15, -0.1) is 23.5 Å². The lowest BCUT2D eigenvalue weighted by Gasteiger charge is -2.36. The van der Waals surface area contributed by atoms with E-state index in [-0.39, 0.29) is 64.2 Å². The summed E-state index contributed by atoms with van der Waals surface area (Å²) in [5, 5.41) is 4.94. The Hall–Kier alpha value is -4.78. The van der Waals surface area contributed by atoms with Crippen LogP contribution >= 0.6 is 38.7 Å². The second-order valence-electron chi connectivity index (χ2n) is 17.4. The van der Waals surface area contributed by atoms with E-state index in [0.29, 0.717) is 37.6 Å². The van der Waals surface area contributed by atoms with Crippen molar-refractivity contribution in [2.75, 3.05) is 70.7 Å². The Balaban J connectivity index is 1.18. The van der Waals surface area contributed by atoms with E-state index >= 15 is 0 Å². The Kier molecular flexibility index (Phi) is 23.8. The molecule has 0 aliphatic rings. The van der Waals surface area contributed by atoms with Gasteiger partial charge in [-0.1, -0.05) is 182 Å². The van der Waals surface area contributed by atoms with E-state index in [1.165, 1.54) is 0 Å². The number of rotatable bonds is 33. The highest BCUT2D eigenvalue weighted by Gasteiger charge is 2.50. The lowest BCUT2D eigenvalue weighted by Crippen LogP contribution is -2.40. The third-order valence-corrected chi connectivity index (χ3v) is 21.7. The molecule has 0 aliphatic carbocycles. The molecule has 6 aromatic rings. The highest BCUT2D eigenvalue weighted by atomic mass is 32.2. The summed E-state index contributed by atoms with van der Waals surface area (Å²) in [5.41, 5.74) is 6.93. The van der Waals surface area contributed by atoms with E-state index < -0.39 is 30.1 Å². The number of carbonyl (C=O) groups excluding carboxylic acids is 2. The number of amides is 2. The standard InChI is InChI=1S/C59H73N3O8P2S2/c1-5-67-71(65,68-6-2)57(72(66,69-7-3)70-8-4)41-42-60-55(63)40-27-44-62(45-47-74-59(52-34-21-12-22-35-52,53-36-23-13-24-37-53)54-38-25-14-26-39-54)48-56(64)61-43-46-73-58(49-28-15-9-16-29-49,50-30-17-10-18-31-50)51-32-19-11-20-33-51/h9-26,28-39,57H,5-8,27,40-48H2,1-4H3,(H,60,63)(H,61,64). The van der Waals surface area contributed by atoms with Gasteiger partial charge >= 0.3 is 15.2 Å². The van der Waals surface area contributed by atoms with Crippen LogP contribution in [-0.4, -0.2) is 92.8 Å².